The van der Waals surface area contributed by atoms with Crippen LogP contribution < -0.4 is 0 Å². The second kappa shape index (κ2) is 3.75. The van der Waals surface area contributed by atoms with Crippen LogP contribution in [0, 0.1) is 4.84 Å². The minimum Gasteiger partial charge on any atom is -0.429 e. The van der Waals surface area contributed by atoms with Crippen LogP contribution in [0.5, 0.6) is 0 Å². The molecule has 1 N–H and O–H groups in total. The maximum atomic E-state index is 12.8. The number of hydrogen-bond donors (Lipinski definition) is 1. The molecule has 0 bridgehead atoms. The second-order valence-corrected chi connectivity index (χ2v) is 4.54. The van der Waals surface area contributed by atoms with Gasteiger partial charge < -0.3 is 9.40 Å². The van der Waals surface area contributed by atoms with Crippen molar-refractivity contribution in [2.45, 2.75) is 6.18 Å². The van der Waals surface area contributed by atoms with Crippen molar-refractivity contribution < 1.29 is 17.6 Å². The van der Waals surface area contributed by atoms with Gasteiger partial charge in [0.15, 0.2) is 5.58 Å². The van der Waals surface area contributed by atoms with E-state index in [1.54, 1.807) is 0 Å². The molecule has 0 aliphatic rings. The van der Waals surface area contributed by atoms with Crippen LogP contribution in [0.1, 0.15) is 5.56 Å². The molecule has 1 aromatic heterocycles. The topological polar surface area (TPSA) is 28.9 Å². The summed E-state index contributed by atoms with van der Waals surface area (Å²) >= 11 is 13.2. The zero-order valence-electron chi connectivity index (χ0n) is 7.28. The minimum atomic E-state index is -4.58. The lowest BCUT2D eigenvalue weighted by Gasteiger charge is -2.10. The minimum absolute atomic E-state index is 0.00796. The zero-order valence-corrected chi connectivity index (χ0v) is 10.4. The van der Waals surface area contributed by atoms with Crippen LogP contribution in [0.4, 0.5) is 13.2 Å². The standard InChI is InChI=1S/C8H2BrClF3NOS/c9-2-1-3-6(14-7(16)15-3)4(5(2)10)8(11,12)13/h1H,(H,14,16). The first-order chi connectivity index (χ1) is 7.30. The number of rotatable bonds is 0. The van der Waals surface area contributed by atoms with Crippen molar-refractivity contribution in [2.75, 3.05) is 0 Å². The molecule has 8 heteroatoms. The quantitative estimate of drug-likeness (QED) is 0.693. The monoisotopic (exact) mass is 331 g/mol. The van der Waals surface area contributed by atoms with Gasteiger partial charge in [0, 0.05) is 4.47 Å². The van der Waals surface area contributed by atoms with Gasteiger partial charge in [-0.3, -0.25) is 0 Å². The first-order valence-electron chi connectivity index (χ1n) is 3.88. The Hall–Kier alpha value is -0.530. The lowest BCUT2D eigenvalue weighted by molar-refractivity contribution is -0.136. The van der Waals surface area contributed by atoms with Crippen LogP contribution in [0.15, 0.2) is 15.0 Å². The summed E-state index contributed by atoms with van der Waals surface area (Å²) in [5.74, 6) is 0. The fourth-order valence-corrected chi connectivity index (χ4v) is 2.16. The van der Waals surface area contributed by atoms with Crippen LogP contribution in [0.3, 0.4) is 0 Å². The van der Waals surface area contributed by atoms with Crippen molar-refractivity contribution in [1.82, 2.24) is 4.98 Å². The van der Waals surface area contributed by atoms with Gasteiger partial charge in [0.25, 0.3) is 4.84 Å². The second-order valence-electron chi connectivity index (χ2n) is 2.93. The van der Waals surface area contributed by atoms with Gasteiger partial charge in [-0.15, -0.1) is 0 Å². The number of hydrogen-bond acceptors (Lipinski definition) is 2. The molecule has 86 valence electrons. The van der Waals surface area contributed by atoms with Gasteiger partial charge in [-0.25, -0.2) is 0 Å². The predicted octanol–water partition coefficient (Wildman–Crippen LogP) is 4.93. The summed E-state index contributed by atoms with van der Waals surface area (Å²) in [4.78, 5) is 2.19. The molecule has 0 spiro atoms. The Morgan fingerprint density at radius 3 is 2.62 bits per heavy atom. The molecule has 0 saturated carbocycles. The van der Waals surface area contributed by atoms with Gasteiger partial charge in [0.1, 0.15) is 5.56 Å². The fourth-order valence-electron chi connectivity index (χ4n) is 1.30. The van der Waals surface area contributed by atoms with Gasteiger partial charge in [-0.2, -0.15) is 13.2 Å². The number of oxazole rings is 1. The molecule has 0 atom stereocenters. The van der Waals surface area contributed by atoms with Crippen LogP contribution in [0.2, 0.25) is 5.02 Å². The lowest BCUT2D eigenvalue weighted by atomic mass is 10.2. The number of nitrogens with one attached hydrogen (secondary N) is 1. The maximum Gasteiger partial charge on any atom is 0.420 e. The van der Waals surface area contributed by atoms with Gasteiger partial charge in [-0.1, -0.05) is 11.6 Å². The van der Waals surface area contributed by atoms with Crippen LogP contribution in [-0.2, 0) is 6.18 Å². The highest BCUT2D eigenvalue weighted by molar-refractivity contribution is 9.10. The average Bonchev–Trinajstić information content (AvgIpc) is 2.43. The van der Waals surface area contributed by atoms with E-state index in [2.05, 4.69) is 33.1 Å². The summed E-state index contributed by atoms with van der Waals surface area (Å²) in [5.41, 5.74) is -1.22. The van der Waals surface area contributed by atoms with E-state index in [0.29, 0.717) is 0 Å². The van der Waals surface area contributed by atoms with Crippen molar-refractivity contribution in [3.8, 4) is 0 Å². The van der Waals surface area contributed by atoms with Gasteiger partial charge >= 0.3 is 6.18 Å². The van der Waals surface area contributed by atoms with Gasteiger partial charge in [0.2, 0.25) is 0 Å². The number of H-pyrrole nitrogens is 1. The molecule has 2 rings (SSSR count). The molecule has 1 aromatic carbocycles. The molecule has 2 nitrogen and oxygen atoms in total. The summed E-state index contributed by atoms with van der Waals surface area (Å²) in [6.07, 6.45) is -4.58. The molecular formula is C8H2BrClF3NOS. The molecule has 0 fully saturated rings. The summed E-state index contributed by atoms with van der Waals surface area (Å²) in [5, 5.41) is -0.424. The molecule has 0 amide bonds. The summed E-state index contributed by atoms with van der Waals surface area (Å²) < 4.78 is 43.3. The molecule has 0 aliphatic heterocycles. The Balaban J connectivity index is 2.98. The van der Waals surface area contributed by atoms with Crippen LogP contribution >= 0.6 is 39.7 Å². The molecular weight excluding hydrogens is 331 g/mol. The van der Waals surface area contributed by atoms with E-state index in [4.69, 9.17) is 16.0 Å². The highest BCUT2D eigenvalue weighted by atomic mass is 79.9. The zero-order chi connectivity index (χ0) is 12.1. The van der Waals surface area contributed by atoms with Crippen molar-refractivity contribution >= 4 is 50.8 Å². The number of aromatic nitrogens is 1. The third-order valence-corrected chi connectivity index (χ3v) is 3.33. The fraction of sp³-hybridized carbons (Fsp3) is 0.125. The maximum absolute atomic E-state index is 12.8. The summed E-state index contributed by atoms with van der Waals surface area (Å²) in [6.45, 7) is 0. The van der Waals surface area contributed by atoms with Gasteiger partial charge in [-0.05, 0) is 34.2 Å². The first kappa shape index (κ1) is 11.9. The SMILES string of the molecule is FC(F)(F)c1c(Cl)c(Br)cc2oc(=S)[nH]c12. The smallest absolute Gasteiger partial charge is 0.420 e. The molecule has 0 saturated heterocycles. The van der Waals surface area contributed by atoms with Crippen molar-refractivity contribution in [3.63, 3.8) is 0 Å². The highest BCUT2D eigenvalue weighted by Gasteiger charge is 2.37. The Morgan fingerprint density at radius 1 is 1.44 bits per heavy atom. The Labute approximate surface area is 106 Å². The molecule has 0 aliphatic carbocycles. The molecule has 0 radical (unpaired) electrons. The number of halogens is 5. The Morgan fingerprint density at radius 2 is 2.06 bits per heavy atom. The molecule has 1 heterocycles. The number of benzene rings is 1. The summed E-state index contributed by atoms with van der Waals surface area (Å²) in [6, 6.07) is 1.33. The van der Waals surface area contributed by atoms with E-state index in [1.807, 2.05) is 0 Å². The number of alkyl halides is 3. The Kier molecular flexibility index (Phi) is 2.80. The van der Waals surface area contributed by atoms with Crippen LogP contribution in [-0.4, -0.2) is 4.98 Å². The average molecular weight is 333 g/mol. The van der Waals surface area contributed by atoms with Crippen molar-refractivity contribution in [2.24, 2.45) is 0 Å². The van der Waals surface area contributed by atoms with E-state index < -0.39 is 16.8 Å². The predicted molar refractivity (Wildman–Crippen MR) is 59.1 cm³/mol. The van der Waals surface area contributed by atoms with Crippen molar-refractivity contribution in [1.29, 1.82) is 0 Å². The van der Waals surface area contributed by atoms with E-state index >= 15 is 0 Å². The third-order valence-electron chi connectivity index (χ3n) is 1.90. The number of fused-ring (bicyclic) bond motifs is 1. The lowest BCUT2D eigenvalue weighted by Crippen LogP contribution is -2.07. The van der Waals surface area contributed by atoms with E-state index in [0.717, 1.165) is 0 Å². The highest BCUT2D eigenvalue weighted by Crippen LogP contribution is 2.42. The molecule has 0 unspecified atom stereocenters. The Bertz CT molecular complexity index is 618. The normalized spacial score (nSPS) is 12.3. The van der Waals surface area contributed by atoms with E-state index in [1.165, 1.54) is 6.07 Å². The summed E-state index contributed by atoms with van der Waals surface area (Å²) in [7, 11) is 0. The molecule has 2 aromatic rings. The largest absolute Gasteiger partial charge is 0.429 e. The first-order valence-corrected chi connectivity index (χ1v) is 5.46. The molecule has 16 heavy (non-hydrogen) atoms. The van der Waals surface area contributed by atoms with E-state index in [-0.39, 0.29) is 20.4 Å². The van der Waals surface area contributed by atoms with Crippen molar-refractivity contribution in [3.05, 3.63) is 26.0 Å². The van der Waals surface area contributed by atoms with E-state index in [9.17, 15) is 13.2 Å². The van der Waals surface area contributed by atoms with Gasteiger partial charge in [0.05, 0.1) is 10.5 Å². The van der Waals surface area contributed by atoms with Crippen LogP contribution in [0.25, 0.3) is 11.1 Å². The third kappa shape index (κ3) is 1.87. The number of aromatic amines is 1.